The van der Waals surface area contributed by atoms with Crippen LogP contribution in [0.1, 0.15) is 37.3 Å². The summed E-state index contributed by atoms with van der Waals surface area (Å²) in [6, 6.07) is 6.01. The van der Waals surface area contributed by atoms with Crippen LogP contribution in [0.2, 0.25) is 0 Å². The monoisotopic (exact) mass is 291 g/mol. The number of carbonyl (C=O) groups is 1. The summed E-state index contributed by atoms with van der Waals surface area (Å²) in [6.45, 7) is 7.39. The maximum Gasteiger partial charge on any atom is 0.261 e. The van der Waals surface area contributed by atoms with Gasteiger partial charge in [-0.15, -0.1) is 0 Å². The summed E-state index contributed by atoms with van der Waals surface area (Å²) in [5.74, 6) is 0.693. The maximum atomic E-state index is 12.2. The van der Waals surface area contributed by atoms with Gasteiger partial charge in [0.15, 0.2) is 6.10 Å². The van der Waals surface area contributed by atoms with E-state index in [1.54, 1.807) is 0 Å². The Balaban J connectivity index is 1.90. The first-order valence-corrected chi connectivity index (χ1v) is 7.72. The van der Waals surface area contributed by atoms with Crippen molar-refractivity contribution in [3.05, 3.63) is 29.3 Å². The molecular formula is C17H25NO3. The molecule has 4 nitrogen and oxygen atoms in total. The highest BCUT2D eigenvalue weighted by Gasteiger charge is 2.21. The van der Waals surface area contributed by atoms with Gasteiger partial charge in [0.1, 0.15) is 5.75 Å². The van der Waals surface area contributed by atoms with Gasteiger partial charge in [0, 0.05) is 13.2 Å². The predicted octanol–water partition coefficient (Wildman–Crippen LogP) is 2.76. The minimum absolute atomic E-state index is 0.0628. The molecule has 2 rings (SSSR count). The average Bonchev–Trinajstić information content (AvgIpc) is 2.94. The lowest BCUT2D eigenvalue weighted by Gasteiger charge is -2.19. The number of nitrogens with one attached hydrogen (secondary N) is 1. The second-order valence-corrected chi connectivity index (χ2v) is 5.72. The van der Waals surface area contributed by atoms with Crippen LogP contribution in [0.4, 0.5) is 0 Å². The number of benzene rings is 1. The molecule has 0 aliphatic carbocycles. The Labute approximate surface area is 126 Å². The molecule has 1 N–H and O–H groups in total. The summed E-state index contributed by atoms with van der Waals surface area (Å²) in [5, 5.41) is 2.94. The van der Waals surface area contributed by atoms with Gasteiger partial charge < -0.3 is 14.8 Å². The normalized spacial score (nSPS) is 19.3. The summed E-state index contributed by atoms with van der Waals surface area (Å²) in [4.78, 5) is 12.2. The molecule has 116 valence electrons. The Bertz CT molecular complexity index is 461. The van der Waals surface area contributed by atoms with E-state index in [1.807, 2.05) is 32.9 Å². The van der Waals surface area contributed by atoms with Crippen LogP contribution in [-0.2, 0) is 9.53 Å². The van der Waals surface area contributed by atoms with E-state index in [1.165, 1.54) is 0 Å². The second-order valence-electron chi connectivity index (χ2n) is 5.72. The van der Waals surface area contributed by atoms with Crippen LogP contribution >= 0.6 is 0 Å². The third-order valence-electron chi connectivity index (χ3n) is 3.66. The van der Waals surface area contributed by atoms with Gasteiger partial charge in [-0.1, -0.05) is 13.0 Å². The van der Waals surface area contributed by atoms with Crippen LogP contribution < -0.4 is 10.1 Å². The third-order valence-corrected chi connectivity index (χ3v) is 3.66. The molecule has 21 heavy (non-hydrogen) atoms. The topological polar surface area (TPSA) is 47.6 Å². The van der Waals surface area contributed by atoms with E-state index >= 15 is 0 Å². The molecule has 0 saturated carbocycles. The largest absolute Gasteiger partial charge is 0.481 e. The minimum atomic E-state index is -0.451. The molecule has 0 radical (unpaired) electrons. The zero-order chi connectivity index (χ0) is 15.2. The van der Waals surface area contributed by atoms with Crippen molar-refractivity contribution in [2.45, 2.75) is 52.2 Å². The molecule has 1 amide bonds. The average molecular weight is 291 g/mol. The SMILES string of the molecule is CCC(Oc1cc(C)cc(C)c1)C(=O)NCC1CCCO1. The minimum Gasteiger partial charge on any atom is -0.481 e. The molecular weight excluding hydrogens is 266 g/mol. The summed E-state index contributed by atoms with van der Waals surface area (Å²) < 4.78 is 11.4. The Morgan fingerprint density at radius 1 is 1.38 bits per heavy atom. The fraction of sp³-hybridized carbons (Fsp3) is 0.588. The van der Waals surface area contributed by atoms with Gasteiger partial charge in [0.25, 0.3) is 5.91 Å². The summed E-state index contributed by atoms with van der Waals surface area (Å²) in [6.07, 6.45) is 2.45. The fourth-order valence-corrected chi connectivity index (χ4v) is 2.62. The Hall–Kier alpha value is -1.55. The van der Waals surface area contributed by atoms with Gasteiger partial charge in [0.2, 0.25) is 0 Å². The van der Waals surface area contributed by atoms with Crippen molar-refractivity contribution in [2.75, 3.05) is 13.2 Å². The van der Waals surface area contributed by atoms with Gasteiger partial charge >= 0.3 is 0 Å². The molecule has 0 spiro atoms. The molecule has 0 aromatic heterocycles. The van der Waals surface area contributed by atoms with Crippen LogP contribution in [0, 0.1) is 13.8 Å². The van der Waals surface area contributed by atoms with E-state index < -0.39 is 6.10 Å². The van der Waals surface area contributed by atoms with Crippen LogP contribution in [0.15, 0.2) is 18.2 Å². The Morgan fingerprint density at radius 2 is 2.10 bits per heavy atom. The van der Waals surface area contributed by atoms with E-state index in [-0.39, 0.29) is 12.0 Å². The van der Waals surface area contributed by atoms with E-state index in [9.17, 15) is 4.79 Å². The van der Waals surface area contributed by atoms with E-state index in [4.69, 9.17) is 9.47 Å². The zero-order valence-corrected chi connectivity index (χ0v) is 13.1. The van der Waals surface area contributed by atoms with Gasteiger partial charge in [-0.3, -0.25) is 4.79 Å². The highest BCUT2D eigenvalue weighted by molar-refractivity contribution is 5.81. The van der Waals surface area contributed by atoms with E-state index in [2.05, 4.69) is 11.4 Å². The van der Waals surface area contributed by atoms with Crippen molar-refractivity contribution < 1.29 is 14.3 Å². The smallest absolute Gasteiger partial charge is 0.261 e. The van der Waals surface area contributed by atoms with Crippen molar-refractivity contribution in [3.8, 4) is 5.75 Å². The quantitative estimate of drug-likeness (QED) is 0.876. The van der Waals surface area contributed by atoms with Crippen LogP contribution in [0.25, 0.3) is 0 Å². The number of ether oxygens (including phenoxy) is 2. The zero-order valence-electron chi connectivity index (χ0n) is 13.1. The molecule has 1 aromatic rings. The maximum absolute atomic E-state index is 12.2. The number of hydrogen-bond acceptors (Lipinski definition) is 3. The molecule has 1 aromatic carbocycles. The van der Waals surface area contributed by atoms with E-state index in [0.29, 0.717) is 13.0 Å². The molecule has 4 heteroatoms. The van der Waals surface area contributed by atoms with E-state index in [0.717, 1.165) is 36.3 Å². The lowest BCUT2D eigenvalue weighted by atomic mass is 10.1. The molecule has 1 heterocycles. The number of aryl methyl sites for hydroxylation is 2. The van der Waals surface area contributed by atoms with Crippen molar-refractivity contribution in [1.29, 1.82) is 0 Å². The first-order valence-electron chi connectivity index (χ1n) is 7.72. The summed E-state index contributed by atoms with van der Waals surface area (Å²) >= 11 is 0. The lowest BCUT2D eigenvalue weighted by molar-refractivity contribution is -0.128. The lowest BCUT2D eigenvalue weighted by Crippen LogP contribution is -2.41. The predicted molar refractivity (Wildman–Crippen MR) is 82.6 cm³/mol. The first-order chi connectivity index (χ1) is 10.1. The molecule has 2 unspecified atom stereocenters. The fourth-order valence-electron chi connectivity index (χ4n) is 2.62. The van der Waals surface area contributed by atoms with Crippen LogP contribution in [-0.4, -0.2) is 31.3 Å². The molecule has 1 fully saturated rings. The van der Waals surface area contributed by atoms with Gasteiger partial charge in [-0.05, 0) is 56.4 Å². The Morgan fingerprint density at radius 3 is 2.67 bits per heavy atom. The van der Waals surface area contributed by atoms with Crippen LogP contribution in [0.5, 0.6) is 5.75 Å². The summed E-state index contributed by atoms with van der Waals surface area (Å²) in [5.41, 5.74) is 2.28. The van der Waals surface area contributed by atoms with Gasteiger partial charge in [0.05, 0.1) is 6.10 Å². The first kappa shape index (κ1) is 15.8. The van der Waals surface area contributed by atoms with Crippen molar-refractivity contribution in [1.82, 2.24) is 5.32 Å². The molecule has 2 atom stereocenters. The second kappa shape index (κ2) is 7.46. The molecule has 0 bridgehead atoms. The highest BCUT2D eigenvalue weighted by Crippen LogP contribution is 2.18. The van der Waals surface area contributed by atoms with Crippen molar-refractivity contribution >= 4 is 5.91 Å². The van der Waals surface area contributed by atoms with Crippen molar-refractivity contribution in [2.24, 2.45) is 0 Å². The van der Waals surface area contributed by atoms with Gasteiger partial charge in [-0.25, -0.2) is 0 Å². The third kappa shape index (κ3) is 4.74. The highest BCUT2D eigenvalue weighted by atomic mass is 16.5. The van der Waals surface area contributed by atoms with Crippen LogP contribution in [0.3, 0.4) is 0 Å². The van der Waals surface area contributed by atoms with Crippen molar-refractivity contribution in [3.63, 3.8) is 0 Å². The standard InChI is InChI=1S/C17H25NO3/c1-4-16(17(19)18-11-14-6-5-7-20-14)21-15-9-12(2)8-13(3)10-15/h8-10,14,16H,4-7,11H2,1-3H3,(H,18,19). The molecule has 1 aliphatic heterocycles. The molecule has 1 saturated heterocycles. The molecule has 1 aliphatic rings. The Kier molecular flexibility index (Phi) is 5.62. The number of carbonyl (C=O) groups excluding carboxylic acids is 1. The number of hydrogen-bond donors (Lipinski definition) is 1. The summed E-state index contributed by atoms with van der Waals surface area (Å²) in [7, 11) is 0. The van der Waals surface area contributed by atoms with Gasteiger partial charge in [-0.2, -0.15) is 0 Å². The number of rotatable bonds is 6. The number of amides is 1.